The fourth-order valence-corrected chi connectivity index (χ4v) is 1.78. The number of hydrogen-bond acceptors (Lipinski definition) is 3. The van der Waals surface area contributed by atoms with Gasteiger partial charge in [0.05, 0.1) is 11.3 Å². The fraction of sp³-hybridized carbons (Fsp3) is 0.214. The van der Waals surface area contributed by atoms with Crippen molar-refractivity contribution in [1.29, 1.82) is 0 Å². The molecule has 0 aliphatic carbocycles. The van der Waals surface area contributed by atoms with Crippen LogP contribution in [0.2, 0.25) is 0 Å². The Hall–Kier alpha value is -2.63. The van der Waals surface area contributed by atoms with E-state index in [1.54, 1.807) is 0 Å². The molecule has 20 heavy (non-hydrogen) atoms. The molecule has 6 nitrogen and oxygen atoms in total. The summed E-state index contributed by atoms with van der Waals surface area (Å²) in [5.74, 6) is -1.09. The van der Waals surface area contributed by atoms with E-state index >= 15 is 0 Å². The van der Waals surface area contributed by atoms with Crippen LogP contribution in [0.4, 0.5) is 0 Å². The number of primary amides is 1. The SMILES string of the molecule is CC(C)NC(=O)c1cn(-c2ccccc2)nc1C(N)=O. The summed E-state index contributed by atoms with van der Waals surface area (Å²) in [7, 11) is 0. The van der Waals surface area contributed by atoms with Crippen molar-refractivity contribution in [2.75, 3.05) is 0 Å². The molecule has 1 heterocycles. The Bertz CT molecular complexity index is 632. The van der Waals surface area contributed by atoms with Crippen LogP contribution in [-0.2, 0) is 0 Å². The lowest BCUT2D eigenvalue weighted by atomic mass is 10.2. The largest absolute Gasteiger partial charge is 0.364 e. The number of amides is 2. The lowest BCUT2D eigenvalue weighted by Crippen LogP contribution is -2.31. The molecule has 2 rings (SSSR count). The van der Waals surface area contributed by atoms with Crippen LogP contribution in [0.15, 0.2) is 36.5 Å². The number of benzene rings is 1. The maximum atomic E-state index is 12.1. The highest BCUT2D eigenvalue weighted by Crippen LogP contribution is 2.12. The Kier molecular flexibility index (Phi) is 3.84. The number of nitrogens with two attached hydrogens (primary N) is 1. The van der Waals surface area contributed by atoms with Crippen LogP contribution < -0.4 is 11.1 Å². The van der Waals surface area contributed by atoms with Gasteiger partial charge >= 0.3 is 0 Å². The van der Waals surface area contributed by atoms with Gasteiger partial charge in [-0.15, -0.1) is 0 Å². The number of nitrogens with one attached hydrogen (secondary N) is 1. The van der Waals surface area contributed by atoms with Gasteiger partial charge in [0, 0.05) is 12.2 Å². The molecule has 0 aliphatic heterocycles. The van der Waals surface area contributed by atoms with Crippen LogP contribution in [-0.4, -0.2) is 27.6 Å². The van der Waals surface area contributed by atoms with Gasteiger partial charge in [-0.3, -0.25) is 9.59 Å². The monoisotopic (exact) mass is 272 g/mol. The lowest BCUT2D eigenvalue weighted by Gasteiger charge is -2.06. The minimum atomic E-state index is -0.728. The number of hydrogen-bond donors (Lipinski definition) is 2. The summed E-state index contributed by atoms with van der Waals surface area (Å²) in [5.41, 5.74) is 6.17. The Morgan fingerprint density at radius 1 is 1.25 bits per heavy atom. The summed E-state index contributed by atoms with van der Waals surface area (Å²) in [6.45, 7) is 3.67. The van der Waals surface area contributed by atoms with E-state index in [0.717, 1.165) is 5.69 Å². The minimum Gasteiger partial charge on any atom is -0.364 e. The standard InChI is InChI=1S/C14H16N4O2/c1-9(2)16-14(20)11-8-18(17-12(11)13(15)19)10-6-4-3-5-7-10/h3-9H,1-2H3,(H2,15,19)(H,16,20). The maximum absolute atomic E-state index is 12.1. The first-order valence-electron chi connectivity index (χ1n) is 6.25. The molecule has 0 spiro atoms. The first-order chi connectivity index (χ1) is 9.49. The quantitative estimate of drug-likeness (QED) is 0.873. The van der Waals surface area contributed by atoms with E-state index in [2.05, 4.69) is 10.4 Å². The molecule has 0 saturated heterocycles. The first-order valence-corrected chi connectivity index (χ1v) is 6.25. The lowest BCUT2D eigenvalue weighted by molar-refractivity contribution is 0.0926. The average Bonchev–Trinajstić information content (AvgIpc) is 2.84. The van der Waals surface area contributed by atoms with E-state index < -0.39 is 5.91 Å². The molecule has 0 atom stereocenters. The van der Waals surface area contributed by atoms with Gasteiger partial charge in [-0.1, -0.05) is 18.2 Å². The second-order valence-corrected chi connectivity index (χ2v) is 4.66. The average molecular weight is 272 g/mol. The van der Waals surface area contributed by atoms with Gasteiger partial charge in [0.25, 0.3) is 11.8 Å². The molecule has 0 bridgehead atoms. The predicted molar refractivity (Wildman–Crippen MR) is 74.7 cm³/mol. The topological polar surface area (TPSA) is 90.0 Å². The number of rotatable bonds is 4. The van der Waals surface area contributed by atoms with Crippen molar-refractivity contribution in [2.24, 2.45) is 5.73 Å². The van der Waals surface area contributed by atoms with Gasteiger partial charge < -0.3 is 11.1 Å². The molecular weight excluding hydrogens is 256 g/mol. The molecule has 1 aromatic carbocycles. The molecule has 1 aromatic heterocycles. The molecule has 104 valence electrons. The normalized spacial score (nSPS) is 10.6. The van der Waals surface area contributed by atoms with E-state index in [9.17, 15) is 9.59 Å². The summed E-state index contributed by atoms with van der Waals surface area (Å²) in [4.78, 5) is 23.5. The maximum Gasteiger partial charge on any atom is 0.270 e. The van der Waals surface area contributed by atoms with Gasteiger partial charge in [0.1, 0.15) is 0 Å². The van der Waals surface area contributed by atoms with Crippen molar-refractivity contribution in [2.45, 2.75) is 19.9 Å². The third-order valence-corrected chi connectivity index (χ3v) is 2.63. The predicted octanol–water partition coefficient (Wildman–Crippen LogP) is 1.11. The van der Waals surface area contributed by atoms with Crippen molar-refractivity contribution >= 4 is 11.8 Å². The van der Waals surface area contributed by atoms with Gasteiger partial charge in [0.2, 0.25) is 0 Å². The number of carbonyl (C=O) groups excluding carboxylic acids is 2. The van der Waals surface area contributed by atoms with Crippen molar-refractivity contribution in [3.63, 3.8) is 0 Å². The molecule has 2 aromatic rings. The summed E-state index contributed by atoms with van der Waals surface area (Å²) in [5, 5.41) is 6.81. The third-order valence-electron chi connectivity index (χ3n) is 2.63. The Morgan fingerprint density at radius 3 is 2.45 bits per heavy atom. The van der Waals surface area contributed by atoms with Crippen molar-refractivity contribution in [1.82, 2.24) is 15.1 Å². The molecule has 3 N–H and O–H groups in total. The zero-order valence-electron chi connectivity index (χ0n) is 11.3. The van der Waals surface area contributed by atoms with Gasteiger partial charge in [-0.2, -0.15) is 5.10 Å². The highest BCUT2D eigenvalue weighted by Gasteiger charge is 2.21. The molecule has 0 aliphatic rings. The first kappa shape index (κ1) is 13.8. The van der Waals surface area contributed by atoms with E-state index in [-0.39, 0.29) is 23.2 Å². The Labute approximate surface area is 116 Å². The van der Waals surface area contributed by atoms with Crippen LogP contribution in [0.5, 0.6) is 0 Å². The van der Waals surface area contributed by atoms with Gasteiger partial charge in [-0.05, 0) is 26.0 Å². The van der Waals surface area contributed by atoms with Gasteiger partial charge in [0.15, 0.2) is 5.69 Å². The molecule has 0 saturated carbocycles. The molecular formula is C14H16N4O2. The number of nitrogens with zero attached hydrogens (tertiary/aromatic N) is 2. The van der Waals surface area contributed by atoms with Crippen LogP contribution in [0.25, 0.3) is 5.69 Å². The summed E-state index contributed by atoms with van der Waals surface area (Å²) in [6, 6.07) is 9.16. The summed E-state index contributed by atoms with van der Waals surface area (Å²) >= 11 is 0. The number of aromatic nitrogens is 2. The molecule has 6 heteroatoms. The number of para-hydroxylation sites is 1. The van der Waals surface area contributed by atoms with Crippen molar-refractivity contribution < 1.29 is 9.59 Å². The highest BCUT2D eigenvalue weighted by molar-refractivity contribution is 6.05. The van der Waals surface area contributed by atoms with E-state index in [4.69, 9.17) is 5.73 Å². The zero-order chi connectivity index (χ0) is 14.7. The van der Waals surface area contributed by atoms with Gasteiger partial charge in [-0.25, -0.2) is 4.68 Å². The number of carbonyl (C=O) groups is 2. The fourth-order valence-electron chi connectivity index (χ4n) is 1.78. The van der Waals surface area contributed by atoms with Crippen LogP contribution >= 0.6 is 0 Å². The zero-order valence-corrected chi connectivity index (χ0v) is 11.3. The second kappa shape index (κ2) is 5.56. The minimum absolute atomic E-state index is 0.0352. The highest BCUT2D eigenvalue weighted by atomic mass is 16.2. The van der Waals surface area contributed by atoms with Crippen molar-refractivity contribution in [3.05, 3.63) is 47.8 Å². The van der Waals surface area contributed by atoms with E-state index in [1.807, 2.05) is 44.2 Å². The third kappa shape index (κ3) is 2.85. The van der Waals surface area contributed by atoms with Crippen LogP contribution in [0, 0.1) is 0 Å². The van der Waals surface area contributed by atoms with Crippen LogP contribution in [0.1, 0.15) is 34.7 Å². The van der Waals surface area contributed by atoms with Crippen LogP contribution in [0.3, 0.4) is 0 Å². The molecule has 2 amide bonds. The molecule has 0 unspecified atom stereocenters. The summed E-state index contributed by atoms with van der Waals surface area (Å²) < 4.78 is 1.47. The Morgan fingerprint density at radius 2 is 1.90 bits per heavy atom. The van der Waals surface area contributed by atoms with E-state index in [0.29, 0.717) is 0 Å². The van der Waals surface area contributed by atoms with E-state index in [1.165, 1.54) is 10.9 Å². The molecule has 0 radical (unpaired) electrons. The smallest absolute Gasteiger partial charge is 0.270 e. The van der Waals surface area contributed by atoms with Crippen molar-refractivity contribution in [3.8, 4) is 5.69 Å². The second-order valence-electron chi connectivity index (χ2n) is 4.66. The molecule has 0 fully saturated rings. The Balaban J connectivity index is 2.44. The summed E-state index contributed by atoms with van der Waals surface area (Å²) in [6.07, 6.45) is 1.51.